The first-order valence-corrected chi connectivity index (χ1v) is 12.2. The number of rotatable bonds is 6. The lowest BCUT2D eigenvalue weighted by Crippen LogP contribution is -2.43. The molecule has 2 aliphatic rings. The third kappa shape index (κ3) is 4.83. The van der Waals surface area contributed by atoms with Crippen molar-refractivity contribution in [1.82, 2.24) is 9.78 Å². The number of carbonyl (C=O) groups is 1. The van der Waals surface area contributed by atoms with Crippen molar-refractivity contribution in [2.75, 3.05) is 11.1 Å². The molecule has 182 valence electrons. The van der Waals surface area contributed by atoms with Crippen molar-refractivity contribution in [3.63, 3.8) is 0 Å². The van der Waals surface area contributed by atoms with E-state index in [0.29, 0.717) is 29.7 Å². The largest absolute Gasteiger partial charge is 0.383 e. The topological polar surface area (TPSA) is 82.2 Å². The number of carbonyl (C=O) groups excluding carboxylic acids is 1. The predicted octanol–water partition coefficient (Wildman–Crippen LogP) is 5.98. The zero-order chi connectivity index (χ0) is 24.6. The number of aromatic nitrogens is 2. The molecule has 0 aliphatic heterocycles. The molecule has 1 amide bonds. The minimum absolute atomic E-state index is 0.0611. The molecule has 8 heteroatoms. The number of ether oxygens (including phenoxy) is 1. The Morgan fingerprint density at radius 3 is 2.74 bits per heavy atom. The summed E-state index contributed by atoms with van der Waals surface area (Å²) in [4.78, 5) is 13.1. The summed E-state index contributed by atoms with van der Waals surface area (Å²) in [6, 6.07) is 14.3. The number of benzene rings is 2. The molecule has 1 saturated carbocycles. The average Bonchev–Trinajstić information content (AvgIpc) is 3.14. The van der Waals surface area contributed by atoms with E-state index in [1.807, 2.05) is 18.2 Å². The van der Waals surface area contributed by atoms with Crippen molar-refractivity contribution >= 4 is 34.6 Å². The number of nitrogens with two attached hydrogens (primary N) is 1. The Kier molecular flexibility index (Phi) is 6.38. The maximum atomic E-state index is 13.5. The van der Waals surface area contributed by atoms with Gasteiger partial charge < -0.3 is 15.8 Å². The number of nitrogens with one attached hydrogen (secondary N) is 1. The molecule has 3 aromatic rings. The van der Waals surface area contributed by atoms with Gasteiger partial charge >= 0.3 is 0 Å². The molecule has 0 bridgehead atoms. The number of anilines is 2. The second-order valence-corrected chi connectivity index (χ2v) is 9.98. The Labute approximate surface area is 208 Å². The van der Waals surface area contributed by atoms with Gasteiger partial charge in [0.1, 0.15) is 22.9 Å². The maximum Gasteiger partial charge on any atom is 0.261 e. The predicted molar refractivity (Wildman–Crippen MR) is 135 cm³/mol. The Bertz CT molecular complexity index is 1280. The van der Waals surface area contributed by atoms with Crippen LogP contribution >= 0.6 is 11.6 Å². The number of amides is 1. The summed E-state index contributed by atoms with van der Waals surface area (Å²) in [6.07, 6.45) is 7.36. The Hall–Kier alpha value is -3.16. The Morgan fingerprint density at radius 1 is 1.29 bits per heavy atom. The summed E-state index contributed by atoms with van der Waals surface area (Å²) in [6.45, 7) is 0.646. The summed E-state index contributed by atoms with van der Waals surface area (Å²) in [7, 11) is 1.72. The molecule has 1 aromatic heterocycles. The molecule has 0 unspecified atom stereocenters. The van der Waals surface area contributed by atoms with Crippen LogP contribution in [-0.2, 0) is 18.4 Å². The van der Waals surface area contributed by atoms with E-state index in [1.54, 1.807) is 7.05 Å². The molecule has 35 heavy (non-hydrogen) atoms. The van der Waals surface area contributed by atoms with Crippen LogP contribution in [0.5, 0.6) is 0 Å². The Balaban J connectivity index is 1.25. The molecule has 1 spiro atoms. The lowest BCUT2D eigenvalue weighted by molar-refractivity contribution is -0.0916. The molecule has 1 heterocycles. The fourth-order valence-corrected chi connectivity index (χ4v) is 5.28. The van der Waals surface area contributed by atoms with Crippen LogP contribution in [0, 0.1) is 11.2 Å². The van der Waals surface area contributed by atoms with E-state index in [0.717, 1.165) is 37.7 Å². The van der Waals surface area contributed by atoms with Gasteiger partial charge in [-0.3, -0.25) is 9.48 Å². The smallest absolute Gasteiger partial charge is 0.261 e. The third-order valence-corrected chi connectivity index (χ3v) is 7.45. The lowest BCUT2D eigenvalue weighted by Gasteiger charge is -2.49. The second kappa shape index (κ2) is 9.47. The summed E-state index contributed by atoms with van der Waals surface area (Å²) < 4.78 is 21.1. The quantitative estimate of drug-likeness (QED) is 0.441. The van der Waals surface area contributed by atoms with Gasteiger partial charge in [0.2, 0.25) is 0 Å². The standard InChI is InChI=1S/C27H28ClFN4O2/c1-33-25(30)23(26(34)31-19-7-8-22(29)21(28)13-19)24(32-33)18-9-11-27(12-10-18)14-20(15-27)35-16-17-5-3-2-4-6-17/h2-9,13,20H,10-12,14-16,30H2,1H3,(H,31,34). The second-order valence-electron chi connectivity index (χ2n) is 9.58. The third-order valence-electron chi connectivity index (χ3n) is 7.16. The van der Waals surface area contributed by atoms with Gasteiger partial charge in [-0.05, 0) is 66.9 Å². The highest BCUT2D eigenvalue weighted by molar-refractivity contribution is 6.31. The van der Waals surface area contributed by atoms with Gasteiger partial charge in [-0.2, -0.15) is 5.10 Å². The maximum absolute atomic E-state index is 13.5. The normalized spacial score (nSPS) is 21.5. The van der Waals surface area contributed by atoms with Crippen LogP contribution in [0.1, 0.15) is 53.7 Å². The molecule has 0 radical (unpaired) electrons. The highest BCUT2D eigenvalue weighted by Crippen LogP contribution is 2.53. The highest BCUT2D eigenvalue weighted by Gasteiger charge is 2.45. The number of nitrogen functional groups attached to an aromatic ring is 1. The number of nitrogens with zero attached hydrogens (tertiary/aromatic N) is 2. The van der Waals surface area contributed by atoms with Crippen LogP contribution in [0.3, 0.4) is 0 Å². The number of hydrogen-bond acceptors (Lipinski definition) is 4. The van der Waals surface area contributed by atoms with Crippen LogP contribution in [0.2, 0.25) is 5.02 Å². The van der Waals surface area contributed by atoms with Crippen molar-refractivity contribution in [2.45, 2.75) is 44.8 Å². The van der Waals surface area contributed by atoms with Gasteiger partial charge in [0, 0.05) is 12.7 Å². The fourth-order valence-electron chi connectivity index (χ4n) is 5.09. The Morgan fingerprint density at radius 2 is 2.06 bits per heavy atom. The molecule has 2 aliphatic carbocycles. The summed E-state index contributed by atoms with van der Waals surface area (Å²) in [5.74, 6) is -0.659. The van der Waals surface area contributed by atoms with Crippen LogP contribution in [0.25, 0.3) is 5.57 Å². The first-order valence-electron chi connectivity index (χ1n) is 11.8. The van der Waals surface area contributed by atoms with Gasteiger partial charge in [-0.25, -0.2) is 4.39 Å². The first-order chi connectivity index (χ1) is 16.8. The number of halogens is 2. The van der Waals surface area contributed by atoms with E-state index >= 15 is 0 Å². The molecule has 5 rings (SSSR count). The molecule has 1 fully saturated rings. The highest BCUT2D eigenvalue weighted by atomic mass is 35.5. The van der Waals surface area contributed by atoms with Crippen molar-refractivity contribution in [3.05, 3.63) is 82.3 Å². The van der Waals surface area contributed by atoms with Crippen molar-refractivity contribution in [3.8, 4) is 0 Å². The summed E-state index contributed by atoms with van der Waals surface area (Å²) in [5, 5.41) is 7.25. The van der Waals surface area contributed by atoms with Crippen LogP contribution in [0.15, 0.2) is 54.6 Å². The van der Waals surface area contributed by atoms with E-state index < -0.39 is 11.7 Å². The first kappa shape index (κ1) is 23.6. The minimum Gasteiger partial charge on any atom is -0.383 e. The molecule has 0 atom stereocenters. The summed E-state index contributed by atoms with van der Waals surface area (Å²) >= 11 is 5.85. The summed E-state index contributed by atoms with van der Waals surface area (Å²) in [5.41, 5.74) is 10.0. The van der Waals surface area contributed by atoms with Gasteiger partial charge in [0.15, 0.2) is 0 Å². The molecule has 6 nitrogen and oxygen atoms in total. The van der Waals surface area contributed by atoms with E-state index in [1.165, 1.54) is 28.4 Å². The van der Waals surface area contributed by atoms with Crippen molar-refractivity contribution < 1.29 is 13.9 Å². The van der Waals surface area contributed by atoms with E-state index in [-0.39, 0.29) is 16.3 Å². The monoisotopic (exact) mass is 494 g/mol. The van der Waals surface area contributed by atoms with Crippen molar-refractivity contribution in [1.29, 1.82) is 0 Å². The minimum atomic E-state index is -0.545. The molecular formula is C27H28ClFN4O2. The average molecular weight is 495 g/mol. The van der Waals surface area contributed by atoms with Gasteiger partial charge in [-0.15, -0.1) is 0 Å². The number of hydrogen-bond donors (Lipinski definition) is 2. The van der Waals surface area contributed by atoms with Gasteiger partial charge in [-0.1, -0.05) is 48.0 Å². The zero-order valence-electron chi connectivity index (χ0n) is 19.6. The fraction of sp³-hybridized carbons (Fsp3) is 0.333. The molecular weight excluding hydrogens is 467 g/mol. The van der Waals surface area contributed by atoms with E-state index in [9.17, 15) is 9.18 Å². The van der Waals surface area contributed by atoms with Crippen LogP contribution in [-0.4, -0.2) is 21.8 Å². The molecule has 0 saturated heterocycles. The van der Waals surface area contributed by atoms with Crippen LogP contribution in [0.4, 0.5) is 15.9 Å². The number of aryl methyl sites for hydroxylation is 1. The van der Waals surface area contributed by atoms with Crippen LogP contribution < -0.4 is 11.1 Å². The lowest BCUT2D eigenvalue weighted by atomic mass is 9.60. The SMILES string of the molecule is Cn1nc(C2=CCC3(CC2)CC(OCc2ccccc2)C3)c(C(=O)Nc2ccc(F)c(Cl)c2)c1N. The number of allylic oxidation sites excluding steroid dienone is 2. The van der Waals surface area contributed by atoms with E-state index in [2.05, 4.69) is 28.6 Å². The van der Waals surface area contributed by atoms with Gasteiger partial charge in [0.25, 0.3) is 5.91 Å². The zero-order valence-corrected chi connectivity index (χ0v) is 20.3. The van der Waals surface area contributed by atoms with Crippen molar-refractivity contribution in [2.24, 2.45) is 12.5 Å². The van der Waals surface area contributed by atoms with E-state index in [4.69, 9.17) is 22.1 Å². The molecule has 2 aromatic carbocycles. The molecule has 3 N–H and O–H groups in total. The van der Waals surface area contributed by atoms with Gasteiger partial charge in [0.05, 0.1) is 17.7 Å².